The molecular formula is C24H20. The van der Waals surface area contributed by atoms with Crippen LogP contribution in [-0.2, 0) is 12.8 Å². The maximum absolute atomic E-state index is 2.38. The van der Waals surface area contributed by atoms with Gasteiger partial charge in [-0.2, -0.15) is 0 Å². The molecule has 0 N–H and O–H groups in total. The Bertz CT molecular complexity index is 1120. The lowest BCUT2D eigenvalue weighted by atomic mass is 9.85. The first-order valence-electron chi connectivity index (χ1n) is 8.76. The lowest BCUT2D eigenvalue weighted by Crippen LogP contribution is -2.07. The van der Waals surface area contributed by atoms with E-state index in [1.165, 1.54) is 67.8 Å². The van der Waals surface area contributed by atoms with Gasteiger partial charge >= 0.3 is 0 Å². The van der Waals surface area contributed by atoms with E-state index in [1.54, 1.807) is 0 Å². The molecular weight excluding hydrogens is 288 g/mol. The highest BCUT2D eigenvalue weighted by Crippen LogP contribution is 2.35. The summed E-state index contributed by atoms with van der Waals surface area (Å²) in [6.45, 7) is 4.50. The van der Waals surface area contributed by atoms with Crippen molar-refractivity contribution in [2.75, 3.05) is 0 Å². The highest BCUT2D eigenvalue weighted by atomic mass is 14.2. The molecule has 0 radical (unpaired) electrons. The van der Waals surface area contributed by atoms with Crippen LogP contribution in [0.5, 0.6) is 0 Å². The van der Waals surface area contributed by atoms with E-state index in [0.717, 1.165) is 0 Å². The third kappa shape index (κ3) is 1.86. The Morgan fingerprint density at radius 1 is 0.542 bits per heavy atom. The summed E-state index contributed by atoms with van der Waals surface area (Å²) in [5.41, 5.74) is 8.50. The van der Waals surface area contributed by atoms with Gasteiger partial charge in [-0.3, -0.25) is 0 Å². The zero-order valence-electron chi connectivity index (χ0n) is 14.2. The van der Waals surface area contributed by atoms with Crippen molar-refractivity contribution in [3.05, 3.63) is 82.9 Å². The quantitative estimate of drug-likeness (QED) is 0.358. The maximum Gasteiger partial charge on any atom is -0.0139 e. The second kappa shape index (κ2) is 4.95. The van der Waals surface area contributed by atoms with Gasteiger partial charge in [-0.1, -0.05) is 54.6 Å². The van der Waals surface area contributed by atoms with Gasteiger partial charge in [-0.25, -0.2) is 0 Å². The van der Waals surface area contributed by atoms with Crippen molar-refractivity contribution in [3.63, 3.8) is 0 Å². The van der Waals surface area contributed by atoms with Crippen LogP contribution in [0.3, 0.4) is 0 Å². The standard InChI is InChI=1S/C24H20/c1-15-21-5-3-4-6-22(21)16(2)24-14-20(11-12-23(15)24)19-10-8-17-7-9-18(17)13-19/h3-6,8,10-14H,7,9H2,1-2H3. The van der Waals surface area contributed by atoms with Gasteiger partial charge in [0.2, 0.25) is 0 Å². The lowest BCUT2D eigenvalue weighted by molar-refractivity contribution is 0.840. The smallest absolute Gasteiger partial charge is 0.0139 e. The molecule has 0 saturated carbocycles. The van der Waals surface area contributed by atoms with Crippen LogP contribution in [0.25, 0.3) is 32.7 Å². The van der Waals surface area contributed by atoms with Crippen molar-refractivity contribution < 1.29 is 0 Å². The average Bonchev–Trinajstić information content (AvgIpc) is 2.60. The van der Waals surface area contributed by atoms with Crippen LogP contribution in [0.15, 0.2) is 60.7 Å². The Morgan fingerprint density at radius 2 is 1.12 bits per heavy atom. The molecule has 0 spiro atoms. The second-order valence-corrected chi connectivity index (χ2v) is 7.04. The first-order chi connectivity index (χ1) is 11.7. The van der Waals surface area contributed by atoms with Gasteiger partial charge in [0.15, 0.2) is 0 Å². The Morgan fingerprint density at radius 3 is 1.79 bits per heavy atom. The molecule has 1 aliphatic rings. The van der Waals surface area contributed by atoms with E-state index in [-0.39, 0.29) is 0 Å². The van der Waals surface area contributed by atoms with Crippen molar-refractivity contribution in [3.8, 4) is 11.1 Å². The van der Waals surface area contributed by atoms with Crippen LogP contribution in [0.1, 0.15) is 22.3 Å². The van der Waals surface area contributed by atoms with Crippen LogP contribution in [0.4, 0.5) is 0 Å². The number of benzene rings is 4. The van der Waals surface area contributed by atoms with E-state index in [2.05, 4.69) is 74.5 Å². The Balaban J connectivity index is 1.79. The number of aryl methyl sites for hydroxylation is 4. The molecule has 0 saturated heterocycles. The average molecular weight is 308 g/mol. The van der Waals surface area contributed by atoms with Gasteiger partial charge in [0.05, 0.1) is 0 Å². The van der Waals surface area contributed by atoms with E-state index in [4.69, 9.17) is 0 Å². The number of hydrogen-bond donors (Lipinski definition) is 0. The summed E-state index contributed by atoms with van der Waals surface area (Å²) >= 11 is 0. The molecule has 24 heavy (non-hydrogen) atoms. The van der Waals surface area contributed by atoms with Crippen LogP contribution >= 0.6 is 0 Å². The van der Waals surface area contributed by atoms with Gasteiger partial charge in [-0.05, 0) is 87.7 Å². The molecule has 0 aliphatic heterocycles. The van der Waals surface area contributed by atoms with E-state index in [0.29, 0.717) is 0 Å². The van der Waals surface area contributed by atoms with Crippen LogP contribution in [-0.4, -0.2) is 0 Å². The second-order valence-electron chi connectivity index (χ2n) is 7.04. The SMILES string of the molecule is Cc1c2ccccc2c(C)c2cc(-c3ccc4c(c3)CC4)ccc12. The fourth-order valence-electron chi connectivity index (χ4n) is 4.16. The fourth-order valence-corrected chi connectivity index (χ4v) is 4.16. The molecule has 116 valence electrons. The molecule has 0 unspecified atom stereocenters. The van der Waals surface area contributed by atoms with E-state index < -0.39 is 0 Å². The van der Waals surface area contributed by atoms with Crippen molar-refractivity contribution in [2.45, 2.75) is 26.7 Å². The largest absolute Gasteiger partial charge is 0.0616 e. The zero-order chi connectivity index (χ0) is 16.3. The summed E-state index contributed by atoms with van der Waals surface area (Å²) in [6.07, 6.45) is 2.48. The summed E-state index contributed by atoms with van der Waals surface area (Å²) in [7, 11) is 0. The molecule has 0 aromatic heterocycles. The van der Waals surface area contributed by atoms with Crippen molar-refractivity contribution >= 4 is 21.5 Å². The number of fused-ring (bicyclic) bond motifs is 3. The molecule has 1 aliphatic carbocycles. The molecule has 0 atom stereocenters. The summed E-state index contributed by atoms with van der Waals surface area (Å²) in [4.78, 5) is 0. The van der Waals surface area contributed by atoms with Gasteiger partial charge in [0.25, 0.3) is 0 Å². The molecule has 0 bridgehead atoms. The third-order valence-electron chi connectivity index (χ3n) is 5.77. The Kier molecular flexibility index (Phi) is 2.84. The van der Waals surface area contributed by atoms with Crippen LogP contribution < -0.4 is 0 Å². The monoisotopic (exact) mass is 308 g/mol. The van der Waals surface area contributed by atoms with E-state index in [9.17, 15) is 0 Å². The zero-order valence-corrected chi connectivity index (χ0v) is 14.2. The van der Waals surface area contributed by atoms with Crippen molar-refractivity contribution in [2.24, 2.45) is 0 Å². The molecule has 0 heteroatoms. The van der Waals surface area contributed by atoms with Crippen molar-refractivity contribution in [1.82, 2.24) is 0 Å². The Hall–Kier alpha value is -2.60. The Labute approximate surface area is 142 Å². The normalized spacial score (nSPS) is 13.1. The summed E-state index contributed by atoms with van der Waals surface area (Å²) in [5, 5.41) is 5.50. The molecule has 0 fully saturated rings. The highest BCUT2D eigenvalue weighted by Gasteiger charge is 2.14. The van der Waals surface area contributed by atoms with E-state index in [1.807, 2.05) is 0 Å². The third-order valence-corrected chi connectivity index (χ3v) is 5.77. The molecule has 4 aromatic rings. The lowest BCUT2D eigenvalue weighted by Gasteiger charge is -2.20. The van der Waals surface area contributed by atoms with Gasteiger partial charge in [0.1, 0.15) is 0 Å². The first kappa shape index (κ1) is 13.8. The molecule has 4 aromatic carbocycles. The fraction of sp³-hybridized carbons (Fsp3) is 0.167. The van der Waals surface area contributed by atoms with Gasteiger partial charge in [0, 0.05) is 0 Å². The predicted octanol–water partition coefficient (Wildman–Crippen LogP) is 6.38. The molecule has 0 heterocycles. The highest BCUT2D eigenvalue weighted by molar-refractivity contribution is 6.06. The minimum Gasteiger partial charge on any atom is -0.0616 e. The molecule has 0 nitrogen and oxygen atoms in total. The molecule has 0 amide bonds. The maximum atomic E-state index is 2.38. The summed E-state index contributed by atoms with van der Waals surface area (Å²) in [6, 6.07) is 22.7. The van der Waals surface area contributed by atoms with Crippen LogP contribution in [0, 0.1) is 13.8 Å². The summed E-state index contributed by atoms with van der Waals surface area (Å²) < 4.78 is 0. The van der Waals surface area contributed by atoms with Crippen molar-refractivity contribution in [1.29, 1.82) is 0 Å². The minimum absolute atomic E-state index is 1.24. The minimum atomic E-state index is 1.24. The summed E-state index contributed by atoms with van der Waals surface area (Å²) in [5.74, 6) is 0. The van der Waals surface area contributed by atoms with Gasteiger partial charge in [-0.15, -0.1) is 0 Å². The van der Waals surface area contributed by atoms with Gasteiger partial charge < -0.3 is 0 Å². The topological polar surface area (TPSA) is 0 Å². The number of rotatable bonds is 1. The van der Waals surface area contributed by atoms with Crippen LogP contribution in [0.2, 0.25) is 0 Å². The molecule has 5 rings (SSSR count). The first-order valence-corrected chi connectivity index (χ1v) is 8.76. The van der Waals surface area contributed by atoms with E-state index >= 15 is 0 Å². The number of hydrogen-bond acceptors (Lipinski definition) is 0. The predicted molar refractivity (Wildman–Crippen MR) is 104 cm³/mol.